The molecule has 0 saturated carbocycles. The minimum Gasteiger partial charge on any atom is -0.388 e. The summed E-state index contributed by atoms with van der Waals surface area (Å²) >= 11 is 7.45. The fraction of sp³-hybridized carbons (Fsp3) is 0.292. The lowest BCUT2D eigenvalue weighted by Crippen LogP contribution is -2.43. The van der Waals surface area contributed by atoms with Gasteiger partial charge in [0.15, 0.2) is 6.29 Å². The summed E-state index contributed by atoms with van der Waals surface area (Å²) in [6.45, 7) is 9.75. The lowest BCUT2D eigenvalue weighted by molar-refractivity contribution is 0.112. The number of hydrogen-bond acceptors (Lipinski definition) is 5. The maximum atomic E-state index is 11.8. The summed E-state index contributed by atoms with van der Waals surface area (Å²) in [6.07, 6.45) is 7.21. The molecule has 2 N–H and O–H groups in total. The molecule has 0 spiro atoms. The van der Waals surface area contributed by atoms with Crippen molar-refractivity contribution in [3.05, 3.63) is 75.0 Å². The fourth-order valence-corrected chi connectivity index (χ4v) is 4.65. The largest absolute Gasteiger partial charge is 0.388 e. The van der Waals surface area contributed by atoms with E-state index in [-0.39, 0.29) is 0 Å². The topological polar surface area (TPSA) is 44.4 Å². The van der Waals surface area contributed by atoms with Gasteiger partial charge in [0.1, 0.15) is 0 Å². The second-order valence-electron chi connectivity index (χ2n) is 7.20. The Morgan fingerprint density at radius 1 is 1.27 bits per heavy atom. The molecule has 3 rings (SSSR count). The molecule has 4 nitrogen and oxygen atoms in total. The number of anilines is 2. The van der Waals surface area contributed by atoms with Crippen LogP contribution in [0.5, 0.6) is 0 Å². The first kappa shape index (κ1) is 22.3. The van der Waals surface area contributed by atoms with Crippen molar-refractivity contribution in [1.29, 1.82) is 0 Å². The molecule has 6 heteroatoms. The van der Waals surface area contributed by atoms with E-state index in [4.69, 9.17) is 11.6 Å². The van der Waals surface area contributed by atoms with Gasteiger partial charge in [0.25, 0.3) is 0 Å². The second kappa shape index (κ2) is 10.6. The van der Waals surface area contributed by atoms with E-state index in [9.17, 15) is 4.79 Å². The van der Waals surface area contributed by atoms with Crippen LogP contribution in [0.15, 0.2) is 54.1 Å². The molecule has 0 atom stereocenters. The molecule has 0 radical (unpaired) electrons. The Balaban J connectivity index is 1.94. The van der Waals surface area contributed by atoms with Gasteiger partial charge in [-0.05, 0) is 54.0 Å². The summed E-state index contributed by atoms with van der Waals surface area (Å²) < 4.78 is 0. The van der Waals surface area contributed by atoms with Gasteiger partial charge in [-0.1, -0.05) is 30.3 Å². The van der Waals surface area contributed by atoms with Crippen LogP contribution < -0.4 is 15.5 Å². The minimum atomic E-state index is 0.690. The SMILES string of the molecule is C=CC(=CC=C(C)Cl)c1cc(Cc2cc(N3CCNCC3)ccc2NC)c(C=O)s1. The number of carbonyl (C=O) groups excluding carboxylic acids is 1. The van der Waals surface area contributed by atoms with E-state index >= 15 is 0 Å². The van der Waals surface area contributed by atoms with E-state index in [2.05, 4.69) is 46.4 Å². The first-order valence-corrected chi connectivity index (χ1v) is 11.3. The van der Waals surface area contributed by atoms with Crippen molar-refractivity contribution in [3.63, 3.8) is 0 Å². The normalized spacial score (nSPS) is 15.2. The van der Waals surface area contributed by atoms with Crippen LogP contribution in [-0.4, -0.2) is 39.5 Å². The van der Waals surface area contributed by atoms with Crippen LogP contribution in [0.1, 0.15) is 32.6 Å². The summed E-state index contributed by atoms with van der Waals surface area (Å²) in [4.78, 5) is 15.9. The van der Waals surface area contributed by atoms with Crippen molar-refractivity contribution < 1.29 is 4.79 Å². The van der Waals surface area contributed by atoms with Crippen molar-refractivity contribution in [3.8, 4) is 0 Å². The van der Waals surface area contributed by atoms with E-state index in [1.165, 1.54) is 22.6 Å². The summed E-state index contributed by atoms with van der Waals surface area (Å²) in [5, 5.41) is 7.39. The average Bonchev–Trinajstić information content (AvgIpc) is 3.17. The predicted molar refractivity (Wildman–Crippen MR) is 131 cm³/mol. The number of benzene rings is 1. The van der Waals surface area contributed by atoms with Crippen LogP contribution >= 0.6 is 22.9 Å². The summed E-state index contributed by atoms with van der Waals surface area (Å²) in [5.74, 6) is 0. The molecule has 0 amide bonds. The van der Waals surface area contributed by atoms with Crippen LogP contribution in [0.3, 0.4) is 0 Å². The molecule has 0 unspecified atom stereocenters. The Kier molecular flexibility index (Phi) is 7.91. The van der Waals surface area contributed by atoms with Gasteiger partial charge < -0.3 is 15.5 Å². The first-order chi connectivity index (χ1) is 14.5. The van der Waals surface area contributed by atoms with Gasteiger partial charge in [0.2, 0.25) is 0 Å². The van der Waals surface area contributed by atoms with Crippen LogP contribution in [-0.2, 0) is 6.42 Å². The number of rotatable bonds is 8. The van der Waals surface area contributed by atoms with Gasteiger partial charge in [-0.15, -0.1) is 11.3 Å². The third-order valence-corrected chi connectivity index (χ3v) is 6.44. The smallest absolute Gasteiger partial charge is 0.160 e. The third kappa shape index (κ3) is 5.42. The molecule has 2 heterocycles. The molecule has 1 aliphatic rings. The van der Waals surface area contributed by atoms with E-state index in [0.717, 1.165) is 59.0 Å². The lowest BCUT2D eigenvalue weighted by atomic mass is 10.0. The highest BCUT2D eigenvalue weighted by Crippen LogP contribution is 2.32. The Bertz CT molecular complexity index is 967. The summed E-state index contributed by atoms with van der Waals surface area (Å²) in [7, 11) is 1.93. The fourth-order valence-electron chi connectivity index (χ4n) is 3.57. The molecule has 30 heavy (non-hydrogen) atoms. The van der Waals surface area contributed by atoms with Gasteiger partial charge >= 0.3 is 0 Å². The Labute approximate surface area is 187 Å². The van der Waals surface area contributed by atoms with Crippen LogP contribution in [0, 0.1) is 0 Å². The molecule has 1 aromatic carbocycles. The Morgan fingerprint density at radius 3 is 2.67 bits per heavy atom. The second-order valence-corrected chi connectivity index (χ2v) is 8.88. The van der Waals surface area contributed by atoms with Gasteiger partial charge in [0.05, 0.1) is 4.88 Å². The van der Waals surface area contributed by atoms with Crippen molar-refractivity contribution in [2.45, 2.75) is 13.3 Å². The molecule has 1 aliphatic heterocycles. The molecule has 1 fully saturated rings. The molecule has 0 bridgehead atoms. The van der Waals surface area contributed by atoms with Crippen LogP contribution in [0.25, 0.3) is 5.57 Å². The number of hydrogen-bond donors (Lipinski definition) is 2. The Hall–Kier alpha value is -2.34. The first-order valence-electron chi connectivity index (χ1n) is 10.1. The number of nitrogens with one attached hydrogen (secondary N) is 2. The molecule has 0 aliphatic carbocycles. The molecular formula is C24H28ClN3OS. The number of thiophene rings is 1. The summed E-state index contributed by atoms with van der Waals surface area (Å²) in [5.41, 5.74) is 5.47. The number of carbonyl (C=O) groups is 1. The van der Waals surface area contributed by atoms with Crippen molar-refractivity contribution in [2.75, 3.05) is 43.4 Å². The van der Waals surface area contributed by atoms with Gasteiger partial charge in [-0.3, -0.25) is 4.79 Å². The highest BCUT2D eigenvalue weighted by Gasteiger charge is 2.16. The zero-order valence-electron chi connectivity index (χ0n) is 17.5. The number of piperazine rings is 1. The van der Waals surface area contributed by atoms with Crippen molar-refractivity contribution in [2.24, 2.45) is 0 Å². The third-order valence-electron chi connectivity index (χ3n) is 5.17. The van der Waals surface area contributed by atoms with Crippen LogP contribution in [0.2, 0.25) is 0 Å². The Morgan fingerprint density at radius 2 is 2.03 bits per heavy atom. The molecule has 158 valence electrons. The van der Waals surface area contributed by atoms with Gasteiger partial charge in [-0.2, -0.15) is 0 Å². The number of nitrogens with zero attached hydrogens (tertiary/aromatic N) is 1. The zero-order valence-corrected chi connectivity index (χ0v) is 19.1. The monoisotopic (exact) mass is 441 g/mol. The van der Waals surface area contributed by atoms with E-state index in [1.54, 1.807) is 6.08 Å². The van der Waals surface area contributed by atoms with Gasteiger partial charge in [-0.25, -0.2) is 0 Å². The highest BCUT2D eigenvalue weighted by atomic mass is 35.5. The highest BCUT2D eigenvalue weighted by molar-refractivity contribution is 7.15. The zero-order chi connectivity index (χ0) is 21.5. The summed E-state index contributed by atoms with van der Waals surface area (Å²) in [6, 6.07) is 8.63. The lowest BCUT2D eigenvalue weighted by Gasteiger charge is -2.30. The van der Waals surface area contributed by atoms with E-state index < -0.39 is 0 Å². The molecule has 2 aromatic rings. The minimum absolute atomic E-state index is 0.690. The maximum absolute atomic E-state index is 11.8. The van der Waals surface area contributed by atoms with Gasteiger partial charge in [0, 0.05) is 60.9 Å². The predicted octanol–water partition coefficient (Wildman–Crippen LogP) is 5.31. The molecule has 1 saturated heterocycles. The number of aldehydes is 1. The standard InChI is InChI=1S/C24H28ClN3OS/c1-4-18(6-5-17(2)25)23-15-20(24(16-29)30-23)13-19-14-21(7-8-22(19)26-3)28-11-9-27-10-12-28/h4-8,14-16,26-27H,1,9-13H2,2-3H3. The maximum Gasteiger partial charge on any atom is 0.160 e. The van der Waals surface area contributed by atoms with E-state index in [0.29, 0.717) is 11.5 Å². The van der Waals surface area contributed by atoms with E-state index in [1.807, 2.05) is 26.1 Å². The van der Waals surface area contributed by atoms with Crippen LogP contribution in [0.4, 0.5) is 11.4 Å². The van der Waals surface area contributed by atoms with Crippen molar-refractivity contribution >= 4 is 46.2 Å². The number of allylic oxidation sites excluding steroid dienone is 5. The quantitative estimate of drug-likeness (QED) is 0.430. The van der Waals surface area contributed by atoms with Crippen molar-refractivity contribution in [1.82, 2.24) is 5.32 Å². The average molecular weight is 442 g/mol. The number of halogens is 1. The molecular weight excluding hydrogens is 414 g/mol. The molecule has 1 aromatic heterocycles.